The number of rotatable bonds is 2. The summed E-state index contributed by atoms with van der Waals surface area (Å²) < 4.78 is 42.9. The summed E-state index contributed by atoms with van der Waals surface area (Å²) in [7, 11) is 0. The van der Waals surface area contributed by atoms with Crippen molar-refractivity contribution in [2.24, 2.45) is 0 Å². The maximum atomic E-state index is 12.5. The zero-order valence-electron chi connectivity index (χ0n) is 12.8. The third-order valence-corrected chi connectivity index (χ3v) is 4.32. The second kappa shape index (κ2) is 7.80. The molecule has 4 nitrogen and oxygen atoms in total. The van der Waals surface area contributed by atoms with Gasteiger partial charge in [0.05, 0.1) is 12.1 Å². The summed E-state index contributed by atoms with van der Waals surface area (Å²) >= 11 is 0. The zero-order valence-corrected chi connectivity index (χ0v) is 14.4. The average molecular weight is 387 g/mol. The van der Waals surface area contributed by atoms with Crippen LogP contribution in [0.15, 0.2) is 24.3 Å². The van der Waals surface area contributed by atoms with Gasteiger partial charge in [-0.1, -0.05) is 12.1 Å². The van der Waals surface area contributed by atoms with Crippen LogP contribution in [-0.2, 0) is 17.5 Å². The molecule has 2 fully saturated rings. The first kappa shape index (κ1) is 20.9. The second-order valence-electron chi connectivity index (χ2n) is 5.90. The van der Waals surface area contributed by atoms with Crippen molar-refractivity contribution in [3.63, 3.8) is 0 Å². The molecule has 136 valence electrons. The van der Waals surface area contributed by atoms with E-state index >= 15 is 0 Å². The van der Waals surface area contributed by atoms with Gasteiger partial charge in [0.25, 0.3) is 0 Å². The number of benzene rings is 1. The van der Waals surface area contributed by atoms with Gasteiger partial charge in [0, 0.05) is 32.5 Å². The third kappa shape index (κ3) is 4.68. The van der Waals surface area contributed by atoms with E-state index < -0.39 is 17.3 Å². The molecular weight excluding hydrogens is 368 g/mol. The smallest absolute Gasteiger partial charge is 0.416 e. The van der Waals surface area contributed by atoms with E-state index in [0.717, 1.165) is 43.6 Å². The molecule has 0 aromatic heterocycles. The lowest BCUT2D eigenvalue weighted by Crippen LogP contribution is -2.46. The molecule has 0 bridgehead atoms. The Hall–Kier alpha value is -1.18. The number of hydrogen-bond donors (Lipinski definition) is 1. The molecule has 9 heteroatoms. The number of likely N-dealkylation sites (tertiary alicyclic amines) is 1. The van der Waals surface area contributed by atoms with E-state index in [2.05, 4.69) is 10.2 Å². The number of carbonyl (C=O) groups excluding carboxylic acids is 1. The van der Waals surface area contributed by atoms with Crippen LogP contribution in [0.5, 0.6) is 0 Å². The average Bonchev–Trinajstić information content (AvgIpc) is 2.83. The van der Waals surface area contributed by atoms with E-state index in [9.17, 15) is 18.0 Å². The molecule has 1 aromatic rings. The Labute approximate surface area is 150 Å². The van der Waals surface area contributed by atoms with E-state index in [4.69, 9.17) is 4.74 Å². The van der Waals surface area contributed by atoms with E-state index in [1.54, 1.807) is 0 Å². The van der Waals surface area contributed by atoms with Gasteiger partial charge in [-0.05, 0) is 17.7 Å². The maximum Gasteiger partial charge on any atom is 0.416 e. The number of amides is 1. The summed E-state index contributed by atoms with van der Waals surface area (Å²) in [4.78, 5) is 13.3. The van der Waals surface area contributed by atoms with Gasteiger partial charge in [-0.2, -0.15) is 13.2 Å². The number of ether oxygens (including phenoxy) is 1. The molecule has 0 saturated carbocycles. The van der Waals surface area contributed by atoms with Gasteiger partial charge in [-0.25, -0.2) is 4.79 Å². The standard InChI is InChI=1S/C15H17F3N2O2.2ClH/c16-15(17,18)12-3-1-11(2-4-12)9-20-7-5-14(6-8-20)10-19-13(21)22-14;;/h1-4H,5-10H2,(H,19,21);2*1H. The molecule has 0 radical (unpaired) electrons. The predicted molar refractivity (Wildman–Crippen MR) is 87.7 cm³/mol. The molecule has 2 aliphatic rings. The Morgan fingerprint density at radius 3 is 2.17 bits per heavy atom. The van der Waals surface area contributed by atoms with Gasteiger partial charge >= 0.3 is 12.3 Å². The topological polar surface area (TPSA) is 41.6 Å². The zero-order chi connectivity index (χ0) is 15.8. The van der Waals surface area contributed by atoms with Crippen molar-refractivity contribution in [3.8, 4) is 0 Å². The van der Waals surface area contributed by atoms with Crippen LogP contribution in [-0.4, -0.2) is 36.2 Å². The Morgan fingerprint density at radius 2 is 1.71 bits per heavy atom. The summed E-state index contributed by atoms with van der Waals surface area (Å²) in [5, 5.41) is 2.68. The lowest BCUT2D eigenvalue weighted by Gasteiger charge is -2.37. The number of nitrogens with one attached hydrogen (secondary N) is 1. The van der Waals surface area contributed by atoms with Gasteiger partial charge in [0.1, 0.15) is 5.60 Å². The van der Waals surface area contributed by atoms with Gasteiger partial charge in [-0.15, -0.1) is 24.8 Å². The van der Waals surface area contributed by atoms with Gasteiger partial charge in [0.2, 0.25) is 0 Å². The largest absolute Gasteiger partial charge is 0.441 e. The summed E-state index contributed by atoms with van der Waals surface area (Å²) in [6.07, 6.45) is -3.18. The Kier molecular flexibility index (Phi) is 6.78. The van der Waals surface area contributed by atoms with Crippen LogP contribution in [0.25, 0.3) is 0 Å². The lowest BCUT2D eigenvalue weighted by atomic mass is 9.91. The van der Waals surface area contributed by atoms with Crippen LogP contribution in [0.4, 0.5) is 18.0 Å². The fourth-order valence-corrected chi connectivity index (χ4v) is 2.96. The Bertz CT molecular complexity index is 559. The van der Waals surface area contributed by atoms with Gasteiger partial charge in [0.15, 0.2) is 0 Å². The summed E-state index contributed by atoms with van der Waals surface area (Å²) in [5.74, 6) is 0. The highest BCUT2D eigenvalue weighted by Gasteiger charge is 2.42. The quantitative estimate of drug-likeness (QED) is 0.843. The van der Waals surface area contributed by atoms with Gasteiger partial charge < -0.3 is 10.1 Å². The Morgan fingerprint density at radius 1 is 1.12 bits per heavy atom. The lowest BCUT2D eigenvalue weighted by molar-refractivity contribution is -0.137. The van der Waals surface area contributed by atoms with Crippen LogP contribution in [0.2, 0.25) is 0 Å². The molecule has 1 spiro atoms. The molecule has 1 aromatic carbocycles. The fraction of sp³-hybridized carbons (Fsp3) is 0.533. The highest BCUT2D eigenvalue weighted by Crippen LogP contribution is 2.31. The first-order chi connectivity index (χ1) is 10.4. The normalized spacial score (nSPS) is 19.9. The van der Waals surface area contributed by atoms with Crippen molar-refractivity contribution in [2.75, 3.05) is 19.6 Å². The maximum absolute atomic E-state index is 12.5. The van der Waals surface area contributed by atoms with Crippen LogP contribution < -0.4 is 5.32 Å². The molecule has 2 saturated heterocycles. The number of carbonyl (C=O) groups is 1. The molecule has 0 aliphatic carbocycles. The summed E-state index contributed by atoms with van der Waals surface area (Å²) in [5.41, 5.74) is -0.170. The van der Waals surface area contributed by atoms with Crippen LogP contribution in [0.3, 0.4) is 0 Å². The van der Waals surface area contributed by atoms with Crippen LogP contribution in [0, 0.1) is 0 Å². The number of piperidine rings is 1. The molecule has 1 N–H and O–H groups in total. The highest BCUT2D eigenvalue weighted by molar-refractivity contribution is 5.85. The Balaban J connectivity index is 0.00000144. The molecule has 1 amide bonds. The minimum atomic E-state index is -4.30. The van der Waals surface area contributed by atoms with Crippen molar-refractivity contribution in [2.45, 2.75) is 31.2 Å². The summed E-state index contributed by atoms with van der Waals surface area (Å²) in [6, 6.07) is 5.27. The minimum absolute atomic E-state index is 0. The van der Waals surface area contributed by atoms with Crippen molar-refractivity contribution in [3.05, 3.63) is 35.4 Å². The highest BCUT2D eigenvalue weighted by atomic mass is 35.5. The number of alkyl halides is 3. The summed E-state index contributed by atoms with van der Waals surface area (Å²) in [6.45, 7) is 2.67. The molecule has 3 rings (SSSR count). The first-order valence-corrected chi connectivity index (χ1v) is 7.22. The van der Waals surface area contributed by atoms with Crippen molar-refractivity contribution >= 4 is 30.9 Å². The molecule has 2 heterocycles. The number of halogens is 5. The van der Waals surface area contributed by atoms with E-state index in [0.29, 0.717) is 13.1 Å². The van der Waals surface area contributed by atoms with E-state index in [1.165, 1.54) is 12.1 Å². The molecule has 0 unspecified atom stereocenters. The van der Waals surface area contributed by atoms with Crippen molar-refractivity contribution in [1.82, 2.24) is 10.2 Å². The first-order valence-electron chi connectivity index (χ1n) is 7.22. The molecule has 2 aliphatic heterocycles. The third-order valence-electron chi connectivity index (χ3n) is 4.32. The van der Waals surface area contributed by atoms with Gasteiger partial charge in [-0.3, -0.25) is 4.90 Å². The number of hydrogen-bond acceptors (Lipinski definition) is 3. The number of alkyl carbamates (subject to hydrolysis) is 1. The predicted octanol–water partition coefficient (Wildman–Crippen LogP) is 3.62. The SMILES string of the molecule is Cl.Cl.O=C1NCC2(CCN(Cc3ccc(C(F)(F)F)cc3)CC2)O1. The monoisotopic (exact) mass is 386 g/mol. The minimum Gasteiger partial charge on any atom is -0.441 e. The van der Waals surface area contributed by atoms with Crippen LogP contribution >= 0.6 is 24.8 Å². The van der Waals surface area contributed by atoms with Crippen molar-refractivity contribution < 1.29 is 22.7 Å². The van der Waals surface area contributed by atoms with Crippen LogP contribution in [0.1, 0.15) is 24.0 Å². The molecule has 24 heavy (non-hydrogen) atoms. The van der Waals surface area contributed by atoms with E-state index in [-0.39, 0.29) is 30.9 Å². The molecule has 0 atom stereocenters. The molecular formula is C15H19Cl2F3N2O2. The fourth-order valence-electron chi connectivity index (χ4n) is 2.96. The van der Waals surface area contributed by atoms with E-state index in [1.807, 2.05) is 0 Å². The second-order valence-corrected chi connectivity index (χ2v) is 5.90. The number of nitrogens with zero attached hydrogens (tertiary/aromatic N) is 1. The van der Waals surface area contributed by atoms with Crippen molar-refractivity contribution in [1.29, 1.82) is 0 Å².